The smallest absolute Gasteiger partial charge is 0.351 e. The predicted octanol–water partition coefficient (Wildman–Crippen LogP) is 4.17. The first-order chi connectivity index (χ1) is 17.0. The van der Waals surface area contributed by atoms with Gasteiger partial charge in [-0.15, -0.1) is 11.3 Å². The minimum absolute atomic E-state index is 0.0418. The molecule has 3 aromatic rings. The fourth-order valence-electron chi connectivity index (χ4n) is 4.06. The number of nitrogens with one attached hydrogen (secondary N) is 1. The van der Waals surface area contributed by atoms with Gasteiger partial charge in [0.1, 0.15) is 16.9 Å². The van der Waals surface area contributed by atoms with Crippen LogP contribution in [0.25, 0.3) is 21.1 Å². The average molecular weight is 540 g/mol. The number of aryl methyl sites for hydroxylation is 1. The quantitative estimate of drug-likeness (QED) is 0.449. The van der Waals surface area contributed by atoms with Crippen molar-refractivity contribution in [1.82, 2.24) is 19.3 Å². The zero-order chi connectivity index (χ0) is 26.1. The third-order valence-corrected chi connectivity index (χ3v) is 8.27. The van der Waals surface area contributed by atoms with Crippen molar-refractivity contribution in [2.24, 2.45) is 0 Å². The van der Waals surface area contributed by atoms with Gasteiger partial charge < -0.3 is 10.1 Å². The van der Waals surface area contributed by atoms with Crippen LogP contribution in [0.2, 0.25) is 0 Å². The number of piperidine rings is 1. The first-order valence-corrected chi connectivity index (χ1v) is 13.8. The van der Waals surface area contributed by atoms with Gasteiger partial charge in [0.15, 0.2) is 0 Å². The number of thiazole rings is 1. The zero-order valence-corrected chi connectivity index (χ0v) is 21.2. The number of carbonyl (C=O) groups is 1. The molecule has 0 spiro atoms. The van der Waals surface area contributed by atoms with Crippen LogP contribution in [0.5, 0.6) is 0 Å². The van der Waals surface area contributed by atoms with Crippen molar-refractivity contribution in [3.05, 3.63) is 47.3 Å². The molecule has 1 saturated heterocycles. The van der Waals surface area contributed by atoms with Crippen LogP contribution < -0.4 is 5.32 Å². The maximum Gasteiger partial charge on any atom is 0.420 e. The standard InChI is InChI=1S/C23H24F3N5O3S2/c1-14-11-15(7-10-32)3-4-17(14)21-27-13-19(35-21)20-18(23(24,25)26)12-28-22(30-20)29-16-5-8-31(9-6-16)36(2,33)34/h3-4,10-13,16H,5-9H2,1-2H3,(H,28,29,30). The van der Waals surface area contributed by atoms with E-state index in [0.29, 0.717) is 30.9 Å². The second-order valence-electron chi connectivity index (χ2n) is 8.58. The molecule has 1 N–H and O–H groups in total. The summed E-state index contributed by atoms with van der Waals surface area (Å²) in [6.45, 7) is 2.48. The molecule has 1 aliphatic heterocycles. The van der Waals surface area contributed by atoms with Gasteiger partial charge in [0, 0.05) is 43.5 Å². The van der Waals surface area contributed by atoms with E-state index < -0.39 is 21.8 Å². The van der Waals surface area contributed by atoms with Crippen LogP contribution in [0.3, 0.4) is 0 Å². The lowest BCUT2D eigenvalue weighted by Crippen LogP contribution is -2.42. The van der Waals surface area contributed by atoms with Gasteiger partial charge in [-0.2, -0.15) is 13.2 Å². The fraction of sp³-hybridized carbons (Fsp3) is 0.391. The van der Waals surface area contributed by atoms with Gasteiger partial charge in [-0.05, 0) is 30.9 Å². The van der Waals surface area contributed by atoms with Gasteiger partial charge in [-0.25, -0.2) is 27.7 Å². The summed E-state index contributed by atoms with van der Waals surface area (Å²) in [5.41, 5.74) is 1.23. The Labute approximate surface area is 210 Å². The summed E-state index contributed by atoms with van der Waals surface area (Å²) >= 11 is 1.09. The molecule has 13 heteroatoms. The number of hydrogen-bond donors (Lipinski definition) is 1. The maximum absolute atomic E-state index is 13.8. The molecule has 0 bridgehead atoms. The Morgan fingerprint density at radius 1 is 1.19 bits per heavy atom. The van der Waals surface area contributed by atoms with E-state index in [2.05, 4.69) is 20.3 Å². The van der Waals surface area contributed by atoms with Crippen molar-refractivity contribution < 1.29 is 26.4 Å². The minimum atomic E-state index is -4.66. The Morgan fingerprint density at radius 3 is 2.53 bits per heavy atom. The number of alkyl halides is 3. The van der Waals surface area contributed by atoms with E-state index in [1.807, 2.05) is 13.0 Å². The van der Waals surface area contributed by atoms with Crippen LogP contribution in [-0.4, -0.2) is 59.3 Å². The molecule has 1 fully saturated rings. The Kier molecular flexibility index (Phi) is 7.43. The monoisotopic (exact) mass is 539 g/mol. The number of rotatable bonds is 7. The second-order valence-corrected chi connectivity index (χ2v) is 11.6. The third kappa shape index (κ3) is 5.90. The lowest BCUT2D eigenvalue weighted by Gasteiger charge is -2.30. The van der Waals surface area contributed by atoms with E-state index in [0.717, 1.165) is 46.8 Å². The number of carbonyl (C=O) groups excluding carboxylic acids is 1. The van der Waals surface area contributed by atoms with Crippen molar-refractivity contribution in [3.63, 3.8) is 0 Å². The van der Waals surface area contributed by atoms with E-state index >= 15 is 0 Å². The molecule has 0 radical (unpaired) electrons. The van der Waals surface area contributed by atoms with Gasteiger partial charge in [0.25, 0.3) is 0 Å². The summed E-state index contributed by atoms with van der Waals surface area (Å²) in [6.07, 6.45) is 0.669. The highest BCUT2D eigenvalue weighted by molar-refractivity contribution is 7.88. The highest BCUT2D eigenvalue weighted by atomic mass is 32.2. The molecule has 192 valence electrons. The molecule has 3 heterocycles. The van der Waals surface area contributed by atoms with Gasteiger partial charge in [0.05, 0.1) is 16.8 Å². The zero-order valence-electron chi connectivity index (χ0n) is 19.5. The normalized spacial score (nSPS) is 15.7. The summed E-state index contributed by atoms with van der Waals surface area (Å²) in [7, 11) is -3.29. The molecule has 36 heavy (non-hydrogen) atoms. The minimum Gasteiger partial charge on any atom is -0.351 e. The number of nitrogens with zero attached hydrogens (tertiary/aromatic N) is 4. The second kappa shape index (κ2) is 10.2. The SMILES string of the molecule is Cc1cc(CC=O)ccc1-c1ncc(-c2nc(NC3CCN(S(C)(=O)=O)CC3)ncc2C(F)(F)F)s1. The Hall–Kier alpha value is -2.90. The summed E-state index contributed by atoms with van der Waals surface area (Å²) in [6, 6.07) is 5.28. The lowest BCUT2D eigenvalue weighted by atomic mass is 10.0. The summed E-state index contributed by atoms with van der Waals surface area (Å²) in [4.78, 5) is 23.4. The number of halogens is 3. The molecule has 1 aromatic carbocycles. The van der Waals surface area contributed by atoms with E-state index in [9.17, 15) is 26.4 Å². The number of sulfonamides is 1. The van der Waals surface area contributed by atoms with Crippen LogP contribution in [0, 0.1) is 6.92 Å². The van der Waals surface area contributed by atoms with Crippen LogP contribution in [0.1, 0.15) is 29.5 Å². The topological polar surface area (TPSA) is 105 Å². The third-order valence-electron chi connectivity index (χ3n) is 5.93. The molecular formula is C23H24F3N5O3S2. The number of aromatic nitrogens is 3. The molecular weight excluding hydrogens is 515 g/mol. The van der Waals surface area contributed by atoms with Crippen LogP contribution in [0.15, 0.2) is 30.6 Å². The number of benzene rings is 1. The summed E-state index contributed by atoms with van der Waals surface area (Å²) in [5.74, 6) is 0.0418. The Bertz CT molecular complexity index is 1370. The molecule has 8 nitrogen and oxygen atoms in total. The van der Waals surface area contributed by atoms with Crippen molar-refractivity contribution in [1.29, 1.82) is 0 Å². The number of hydrogen-bond acceptors (Lipinski definition) is 8. The largest absolute Gasteiger partial charge is 0.420 e. The van der Waals surface area contributed by atoms with Gasteiger partial charge in [-0.1, -0.05) is 18.2 Å². The van der Waals surface area contributed by atoms with E-state index in [-0.39, 0.29) is 29.0 Å². The van der Waals surface area contributed by atoms with Crippen molar-refractivity contribution in [2.45, 2.75) is 38.4 Å². The van der Waals surface area contributed by atoms with Crippen LogP contribution >= 0.6 is 11.3 Å². The van der Waals surface area contributed by atoms with E-state index in [4.69, 9.17) is 0 Å². The van der Waals surface area contributed by atoms with Gasteiger partial charge in [0.2, 0.25) is 16.0 Å². The van der Waals surface area contributed by atoms with Gasteiger partial charge in [-0.3, -0.25) is 0 Å². The Balaban J connectivity index is 1.61. The predicted molar refractivity (Wildman–Crippen MR) is 131 cm³/mol. The lowest BCUT2D eigenvalue weighted by molar-refractivity contribution is -0.137. The summed E-state index contributed by atoms with van der Waals surface area (Å²) in [5, 5.41) is 3.59. The van der Waals surface area contributed by atoms with Crippen molar-refractivity contribution in [2.75, 3.05) is 24.7 Å². The van der Waals surface area contributed by atoms with Crippen molar-refractivity contribution >= 4 is 33.6 Å². The maximum atomic E-state index is 13.8. The highest BCUT2D eigenvalue weighted by Crippen LogP contribution is 2.40. The number of anilines is 1. The molecule has 4 rings (SSSR count). The molecule has 0 amide bonds. The van der Waals surface area contributed by atoms with Crippen LogP contribution in [0.4, 0.5) is 19.1 Å². The molecule has 0 atom stereocenters. The first kappa shape index (κ1) is 26.2. The number of aldehydes is 1. The summed E-state index contributed by atoms with van der Waals surface area (Å²) < 4.78 is 66.1. The molecule has 1 aliphatic rings. The van der Waals surface area contributed by atoms with E-state index in [1.165, 1.54) is 10.5 Å². The Morgan fingerprint density at radius 2 is 1.92 bits per heavy atom. The first-order valence-electron chi connectivity index (χ1n) is 11.1. The molecule has 0 unspecified atom stereocenters. The van der Waals surface area contributed by atoms with Gasteiger partial charge >= 0.3 is 6.18 Å². The molecule has 0 saturated carbocycles. The average Bonchev–Trinajstić information content (AvgIpc) is 3.28. The highest BCUT2D eigenvalue weighted by Gasteiger charge is 2.36. The van der Waals surface area contributed by atoms with Crippen LogP contribution in [-0.2, 0) is 27.4 Å². The molecule has 2 aromatic heterocycles. The van der Waals surface area contributed by atoms with Crippen molar-refractivity contribution in [3.8, 4) is 21.1 Å². The molecule has 0 aliphatic carbocycles. The fourth-order valence-corrected chi connectivity index (χ4v) is 5.94. The van der Waals surface area contributed by atoms with E-state index in [1.54, 1.807) is 12.1 Å².